The van der Waals surface area contributed by atoms with Crippen molar-refractivity contribution in [3.63, 3.8) is 0 Å². The van der Waals surface area contributed by atoms with E-state index in [4.69, 9.17) is 16.3 Å². The van der Waals surface area contributed by atoms with E-state index in [1.165, 1.54) is 0 Å². The number of para-hydroxylation sites is 1. The SMILES string of the molecule is Cc1cc(Cl)ccc1OC(=O)CCc1cnn(-c2ccccc2)c1. The summed E-state index contributed by atoms with van der Waals surface area (Å²) in [6, 6.07) is 15.0. The summed E-state index contributed by atoms with van der Waals surface area (Å²) in [4.78, 5) is 12.0. The highest BCUT2D eigenvalue weighted by molar-refractivity contribution is 6.30. The molecule has 2 aromatic carbocycles. The molecule has 0 saturated heterocycles. The third kappa shape index (κ3) is 4.03. The van der Waals surface area contributed by atoms with Crippen LogP contribution < -0.4 is 4.74 Å². The zero-order valence-electron chi connectivity index (χ0n) is 13.3. The Bertz CT molecular complexity index is 844. The molecular formula is C19H17ClN2O2. The number of hydrogen-bond acceptors (Lipinski definition) is 3. The third-order valence-corrected chi connectivity index (χ3v) is 3.87. The van der Waals surface area contributed by atoms with Gasteiger partial charge in [-0.3, -0.25) is 4.79 Å². The van der Waals surface area contributed by atoms with Crippen LogP contribution in [0, 0.1) is 6.92 Å². The van der Waals surface area contributed by atoms with E-state index in [2.05, 4.69) is 5.10 Å². The fourth-order valence-electron chi connectivity index (χ4n) is 2.36. The molecule has 24 heavy (non-hydrogen) atoms. The fourth-order valence-corrected chi connectivity index (χ4v) is 2.59. The number of hydrogen-bond donors (Lipinski definition) is 0. The fraction of sp³-hybridized carbons (Fsp3) is 0.158. The van der Waals surface area contributed by atoms with Crippen LogP contribution in [0.25, 0.3) is 5.69 Å². The van der Waals surface area contributed by atoms with Crippen LogP contribution in [-0.2, 0) is 11.2 Å². The number of carbonyl (C=O) groups excluding carboxylic acids is 1. The number of rotatable bonds is 5. The second-order valence-corrected chi connectivity index (χ2v) is 5.95. The first kappa shape index (κ1) is 16.3. The maximum atomic E-state index is 12.0. The minimum atomic E-state index is -0.270. The first-order chi connectivity index (χ1) is 11.6. The van der Waals surface area contributed by atoms with Gasteiger partial charge in [0, 0.05) is 11.2 Å². The second kappa shape index (κ2) is 7.32. The minimum absolute atomic E-state index is 0.270. The van der Waals surface area contributed by atoms with Crippen LogP contribution in [-0.4, -0.2) is 15.7 Å². The Morgan fingerprint density at radius 1 is 1.21 bits per heavy atom. The van der Waals surface area contributed by atoms with Crippen LogP contribution >= 0.6 is 11.6 Å². The Morgan fingerprint density at radius 2 is 2.00 bits per heavy atom. The Morgan fingerprint density at radius 3 is 2.75 bits per heavy atom. The molecule has 0 aliphatic carbocycles. The lowest BCUT2D eigenvalue weighted by Crippen LogP contribution is -2.09. The van der Waals surface area contributed by atoms with Gasteiger partial charge in [0.15, 0.2) is 0 Å². The summed E-state index contributed by atoms with van der Waals surface area (Å²) in [5, 5.41) is 4.95. The molecule has 0 N–H and O–H groups in total. The van der Waals surface area contributed by atoms with Gasteiger partial charge in [-0.05, 0) is 54.8 Å². The molecule has 0 radical (unpaired) electrons. The summed E-state index contributed by atoms with van der Waals surface area (Å²) >= 11 is 5.90. The molecule has 5 heteroatoms. The molecule has 1 aromatic heterocycles. The van der Waals surface area contributed by atoms with Gasteiger partial charge in [0.1, 0.15) is 5.75 Å². The van der Waals surface area contributed by atoms with E-state index < -0.39 is 0 Å². The molecule has 122 valence electrons. The van der Waals surface area contributed by atoms with Gasteiger partial charge in [-0.25, -0.2) is 4.68 Å². The van der Waals surface area contributed by atoms with Crippen LogP contribution in [0.3, 0.4) is 0 Å². The maximum absolute atomic E-state index is 12.0. The van der Waals surface area contributed by atoms with E-state index in [0.29, 0.717) is 23.6 Å². The van der Waals surface area contributed by atoms with Gasteiger partial charge in [0.25, 0.3) is 0 Å². The summed E-state index contributed by atoms with van der Waals surface area (Å²) in [5.74, 6) is 0.275. The summed E-state index contributed by atoms with van der Waals surface area (Å²) in [7, 11) is 0. The number of halogens is 1. The van der Waals surface area contributed by atoms with E-state index in [9.17, 15) is 4.79 Å². The predicted molar refractivity (Wildman–Crippen MR) is 93.7 cm³/mol. The standard InChI is InChI=1S/C19H17ClN2O2/c1-14-11-16(20)8-9-18(14)24-19(23)10-7-15-12-21-22(13-15)17-5-3-2-4-6-17/h2-6,8-9,11-13H,7,10H2,1H3. The van der Waals surface area contributed by atoms with Crippen LogP contribution in [0.5, 0.6) is 5.75 Å². The second-order valence-electron chi connectivity index (χ2n) is 5.51. The number of carbonyl (C=O) groups is 1. The topological polar surface area (TPSA) is 44.1 Å². The highest BCUT2D eigenvalue weighted by atomic mass is 35.5. The molecule has 0 amide bonds. The molecule has 3 aromatic rings. The van der Waals surface area contributed by atoms with E-state index in [1.54, 1.807) is 29.1 Å². The Labute approximate surface area is 145 Å². The molecule has 0 atom stereocenters. The lowest BCUT2D eigenvalue weighted by molar-refractivity contribution is -0.134. The third-order valence-electron chi connectivity index (χ3n) is 3.64. The minimum Gasteiger partial charge on any atom is -0.426 e. The Hall–Kier alpha value is -2.59. The quantitative estimate of drug-likeness (QED) is 0.511. The number of benzene rings is 2. The largest absolute Gasteiger partial charge is 0.426 e. The maximum Gasteiger partial charge on any atom is 0.311 e. The molecule has 4 nitrogen and oxygen atoms in total. The van der Waals surface area contributed by atoms with Crippen molar-refractivity contribution in [3.05, 3.63) is 77.1 Å². The van der Waals surface area contributed by atoms with Gasteiger partial charge in [0.05, 0.1) is 18.3 Å². The molecule has 0 spiro atoms. The summed E-state index contributed by atoms with van der Waals surface area (Å²) < 4.78 is 7.18. The molecule has 0 unspecified atom stereocenters. The molecule has 1 heterocycles. The van der Waals surface area contributed by atoms with Crippen LogP contribution in [0.4, 0.5) is 0 Å². The van der Waals surface area contributed by atoms with Gasteiger partial charge in [-0.1, -0.05) is 29.8 Å². The van der Waals surface area contributed by atoms with Gasteiger partial charge in [-0.2, -0.15) is 5.10 Å². The summed E-state index contributed by atoms with van der Waals surface area (Å²) in [6.45, 7) is 1.86. The predicted octanol–water partition coefficient (Wildman–Crippen LogP) is 4.37. The van der Waals surface area contributed by atoms with Crippen molar-refractivity contribution in [3.8, 4) is 11.4 Å². The average Bonchev–Trinajstić information content (AvgIpc) is 3.05. The molecular weight excluding hydrogens is 324 g/mol. The Balaban J connectivity index is 1.58. The van der Waals surface area contributed by atoms with Crippen molar-refractivity contribution in [1.29, 1.82) is 0 Å². The first-order valence-corrected chi connectivity index (χ1v) is 8.05. The highest BCUT2D eigenvalue weighted by Crippen LogP contribution is 2.22. The molecule has 0 aliphatic heterocycles. The number of esters is 1. The van der Waals surface area contributed by atoms with Gasteiger partial charge in [-0.15, -0.1) is 0 Å². The average molecular weight is 341 g/mol. The number of aryl methyl sites for hydroxylation is 2. The number of nitrogens with zero attached hydrogens (tertiary/aromatic N) is 2. The summed E-state index contributed by atoms with van der Waals surface area (Å²) in [6.07, 6.45) is 4.57. The van der Waals surface area contributed by atoms with Crippen molar-refractivity contribution in [2.45, 2.75) is 19.8 Å². The molecule has 0 saturated carbocycles. The number of aromatic nitrogens is 2. The van der Waals surface area contributed by atoms with Gasteiger partial charge in [0.2, 0.25) is 0 Å². The van der Waals surface area contributed by atoms with Gasteiger partial charge >= 0.3 is 5.97 Å². The zero-order chi connectivity index (χ0) is 16.9. The lowest BCUT2D eigenvalue weighted by Gasteiger charge is -2.07. The van der Waals surface area contributed by atoms with Crippen LogP contribution in [0.1, 0.15) is 17.5 Å². The first-order valence-electron chi connectivity index (χ1n) is 7.67. The number of ether oxygens (including phenoxy) is 1. The van der Waals surface area contributed by atoms with Crippen molar-refractivity contribution in [2.24, 2.45) is 0 Å². The summed E-state index contributed by atoms with van der Waals surface area (Å²) in [5.41, 5.74) is 2.82. The van der Waals surface area contributed by atoms with E-state index >= 15 is 0 Å². The zero-order valence-corrected chi connectivity index (χ0v) is 14.0. The smallest absolute Gasteiger partial charge is 0.311 e. The van der Waals surface area contributed by atoms with Crippen molar-refractivity contribution in [1.82, 2.24) is 9.78 Å². The Kier molecular flexibility index (Phi) is 4.96. The van der Waals surface area contributed by atoms with E-state index in [0.717, 1.165) is 16.8 Å². The van der Waals surface area contributed by atoms with Gasteiger partial charge < -0.3 is 4.74 Å². The van der Waals surface area contributed by atoms with Crippen molar-refractivity contribution >= 4 is 17.6 Å². The highest BCUT2D eigenvalue weighted by Gasteiger charge is 2.09. The van der Waals surface area contributed by atoms with Crippen molar-refractivity contribution < 1.29 is 9.53 Å². The molecule has 0 aliphatic rings. The normalized spacial score (nSPS) is 10.6. The lowest BCUT2D eigenvalue weighted by atomic mass is 10.2. The molecule has 0 fully saturated rings. The molecule has 0 bridgehead atoms. The molecule has 3 rings (SSSR count). The van der Waals surface area contributed by atoms with Crippen LogP contribution in [0.15, 0.2) is 60.9 Å². The van der Waals surface area contributed by atoms with E-state index in [-0.39, 0.29) is 5.97 Å². The monoisotopic (exact) mass is 340 g/mol. The van der Waals surface area contributed by atoms with Crippen molar-refractivity contribution in [2.75, 3.05) is 0 Å². The van der Waals surface area contributed by atoms with E-state index in [1.807, 2.05) is 43.5 Å². The van der Waals surface area contributed by atoms with Crippen LogP contribution in [0.2, 0.25) is 5.02 Å².